The Hall–Kier alpha value is -3.48. The number of para-hydroxylation sites is 1. The van der Waals surface area contributed by atoms with Gasteiger partial charge in [-0.25, -0.2) is 9.18 Å². The minimum atomic E-state index is -0.514. The number of H-pyrrole nitrogens is 1. The molecule has 2 aromatic carbocycles. The third-order valence-electron chi connectivity index (χ3n) is 3.63. The summed E-state index contributed by atoms with van der Waals surface area (Å²) in [5.74, 6) is -1.32. The number of carbonyl (C=O) groups is 2. The summed E-state index contributed by atoms with van der Waals surface area (Å²) in [4.78, 5) is 24.4. The first-order chi connectivity index (χ1) is 12.6. The fourth-order valence-electron chi connectivity index (χ4n) is 2.38. The van der Waals surface area contributed by atoms with E-state index in [1.54, 1.807) is 49.4 Å². The van der Waals surface area contributed by atoms with E-state index in [1.165, 1.54) is 12.1 Å². The van der Waals surface area contributed by atoms with Gasteiger partial charge in [-0.15, -0.1) is 0 Å². The molecular formula is C19H16FN3O3. The number of ether oxygens (including phenoxy) is 1. The molecule has 0 radical (unpaired) electrons. The Morgan fingerprint density at radius 1 is 1.15 bits per heavy atom. The molecule has 0 atom stereocenters. The second kappa shape index (κ2) is 7.60. The molecule has 0 aliphatic rings. The number of carbonyl (C=O) groups excluding carboxylic acids is 2. The fraction of sp³-hybridized carbons (Fsp3) is 0.105. The van der Waals surface area contributed by atoms with Crippen LogP contribution >= 0.6 is 0 Å². The Bertz CT molecular complexity index is 935. The number of aromatic nitrogens is 2. The molecule has 0 bridgehead atoms. The highest BCUT2D eigenvalue weighted by Gasteiger charge is 2.16. The second-order valence-electron chi connectivity index (χ2n) is 5.39. The SMILES string of the molecule is CCOC(=O)c1ccccc1NC(=O)c1cc(-c2ccc(F)cc2)n[nH]1. The molecule has 0 unspecified atom stereocenters. The summed E-state index contributed by atoms with van der Waals surface area (Å²) in [7, 11) is 0. The van der Waals surface area contributed by atoms with Gasteiger partial charge >= 0.3 is 5.97 Å². The zero-order chi connectivity index (χ0) is 18.5. The van der Waals surface area contributed by atoms with Crippen LogP contribution in [0.2, 0.25) is 0 Å². The van der Waals surface area contributed by atoms with E-state index in [4.69, 9.17) is 4.74 Å². The standard InChI is InChI=1S/C19H16FN3O3/c1-2-26-19(25)14-5-3-4-6-15(14)21-18(24)17-11-16(22-23-17)12-7-9-13(20)10-8-12/h3-11H,2H2,1H3,(H,21,24)(H,22,23). The van der Waals surface area contributed by atoms with Gasteiger partial charge in [-0.1, -0.05) is 12.1 Å². The summed E-state index contributed by atoms with van der Waals surface area (Å²) in [5.41, 5.74) is 2.00. The van der Waals surface area contributed by atoms with Gasteiger partial charge in [0.15, 0.2) is 0 Å². The number of hydrogen-bond acceptors (Lipinski definition) is 4. The molecule has 132 valence electrons. The number of benzene rings is 2. The predicted molar refractivity (Wildman–Crippen MR) is 94.3 cm³/mol. The van der Waals surface area contributed by atoms with Crippen LogP contribution in [0.1, 0.15) is 27.8 Å². The summed E-state index contributed by atoms with van der Waals surface area (Å²) < 4.78 is 18.0. The maximum atomic E-state index is 13.0. The van der Waals surface area contributed by atoms with Crippen molar-refractivity contribution in [2.24, 2.45) is 0 Å². The number of amides is 1. The molecule has 7 heteroatoms. The second-order valence-corrected chi connectivity index (χ2v) is 5.39. The van der Waals surface area contributed by atoms with E-state index >= 15 is 0 Å². The van der Waals surface area contributed by atoms with Crippen LogP contribution in [0.25, 0.3) is 11.3 Å². The fourth-order valence-corrected chi connectivity index (χ4v) is 2.38. The van der Waals surface area contributed by atoms with Gasteiger partial charge in [0.2, 0.25) is 0 Å². The van der Waals surface area contributed by atoms with Crippen molar-refractivity contribution >= 4 is 17.6 Å². The van der Waals surface area contributed by atoms with Crippen molar-refractivity contribution in [2.75, 3.05) is 11.9 Å². The van der Waals surface area contributed by atoms with Gasteiger partial charge in [-0.2, -0.15) is 5.10 Å². The van der Waals surface area contributed by atoms with E-state index in [0.29, 0.717) is 16.9 Å². The van der Waals surface area contributed by atoms with Gasteiger partial charge in [-0.05, 0) is 49.4 Å². The summed E-state index contributed by atoms with van der Waals surface area (Å²) in [6.07, 6.45) is 0. The van der Waals surface area contributed by atoms with Gasteiger partial charge in [0.05, 0.1) is 23.6 Å². The van der Waals surface area contributed by atoms with Crippen molar-refractivity contribution in [1.29, 1.82) is 0 Å². The van der Waals surface area contributed by atoms with Crippen LogP contribution in [-0.4, -0.2) is 28.7 Å². The first-order valence-corrected chi connectivity index (χ1v) is 7.97. The van der Waals surface area contributed by atoms with Gasteiger partial charge < -0.3 is 10.1 Å². The smallest absolute Gasteiger partial charge is 0.340 e. The average Bonchev–Trinajstić information content (AvgIpc) is 3.13. The quantitative estimate of drug-likeness (QED) is 0.686. The van der Waals surface area contributed by atoms with Crippen LogP contribution in [0.5, 0.6) is 0 Å². The third-order valence-corrected chi connectivity index (χ3v) is 3.63. The minimum absolute atomic E-state index is 0.211. The Balaban J connectivity index is 1.79. The lowest BCUT2D eigenvalue weighted by Crippen LogP contribution is -2.16. The zero-order valence-electron chi connectivity index (χ0n) is 14.0. The molecule has 6 nitrogen and oxygen atoms in total. The van der Waals surface area contributed by atoms with Crippen LogP contribution in [-0.2, 0) is 4.74 Å². The van der Waals surface area contributed by atoms with E-state index in [9.17, 15) is 14.0 Å². The average molecular weight is 353 g/mol. The number of esters is 1. The van der Waals surface area contributed by atoms with Crippen molar-refractivity contribution in [2.45, 2.75) is 6.92 Å². The highest BCUT2D eigenvalue weighted by atomic mass is 19.1. The number of nitrogens with one attached hydrogen (secondary N) is 2. The molecule has 26 heavy (non-hydrogen) atoms. The highest BCUT2D eigenvalue weighted by molar-refractivity contribution is 6.07. The van der Waals surface area contributed by atoms with E-state index in [2.05, 4.69) is 15.5 Å². The molecule has 0 saturated heterocycles. The minimum Gasteiger partial charge on any atom is -0.462 e. The van der Waals surface area contributed by atoms with Crippen molar-refractivity contribution in [1.82, 2.24) is 10.2 Å². The Labute approximate surface area is 149 Å². The van der Waals surface area contributed by atoms with Gasteiger partial charge in [0.25, 0.3) is 5.91 Å². The van der Waals surface area contributed by atoms with Crippen molar-refractivity contribution in [3.05, 3.63) is 71.7 Å². The molecule has 1 aromatic heterocycles. The number of anilines is 1. The van der Waals surface area contributed by atoms with Crippen molar-refractivity contribution < 1.29 is 18.7 Å². The van der Waals surface area contributed by atoms with E-state index in [1.807, 2.05) is 0 Å². The van der Waals surface area contributed by atoms with Crippen LogP contribution < -0.4 is 5.32 Å². The lowest BCUT2D eigenvalue weighted by Gasteiger charge is -2.09. The largest absolute Gasteiger partial charge is 0.462 e. The zero-order valence-corrected chi connectivity index (χ0v) is 14.0. The summed E-state index contributed by atoms with van der Waals surface area (Å²) >= 11 is 0. The van der Waals surface area contributed by atoms with Crippen LogP contribution in [0.3, 0.4) is 0 Å². The molecule has 0 saturated carbocycles. The Kier molecular flexibility index (Phi) is 5.07. The summed E-state index contributed by atoms with van der Waals surface area (Å²) in [6.45, 7) is 1.95. The maximum absolute atomic E-state index is 13.0. The molecule has 0 aliphatic heterocycles. The van der Waals surface area contributed by atoms with E-state index in [0.717, 1.165) is 0 Å². The van der Waals surface area contributed by atoms with Gasteiger partial charge in [0.1, 0.15) is 11.5 Å². The molecule has 0 spiro atoms. The summed E-state index contributed by atoms with van der Waals surface area (Å²) in [5, 5.41) is 9.38. The molecule has 1 heterocycles. The Morgan fingerprint density at radius 3 is 2.62 bits per heavy atom. The van der Waals surface area contributed by atoms with Crippen molar-refractivity contribution in [3.8, 4) is 11.3 Å². The number of rotatable bonds is 5. The molecule has 0 fully saturated rings. The molecule has 1 amide bonds. The lowest BCUT2D eigenvalue weighted by atomic mass is 10.1. The number of hydrogen-bond donors (Lipinski definition) is 2. The monoisotopic (exact) mass is 353 g/mol. The number of aromatic amines is 1. The predicted octanol–water partition coefficient (Wildman–Crippen LogP) is 3.64. The lowest BCUT2D eigenvalue weighted by molar-refractivity contribution is 0.0527. The third kappa shape index (κ3) is 3.77. The maximum Gasteiger partial charge on any atom is 0.340 e. The van der Waals surface area contributed by atoms with E-state index < -0.39 is 11.9 Å². The molecule has 2 N–H and O–H groups in total. The number of nitrogens with zero attached hydrogens (tertiary/aromatic N) is 1. The first kappa shape index (κ1) is 17.3. The van der Waals surface area contributed by atoms with Crippen LogP contribution in [0.4, 0.5) is 10.1 Å². The van der Waals surface area contributed by atoms with Gasteiger partial charge in [-0.3, -0.25) is 9.89 Å². The van der Waals surface area contributed by atoms with Crippen LogP contribution in [0.15, 0.2) is 54.6 Å². The normalized spacial score (nSPS) is 10.4. The number of halogens is 1. The molecule has 0 aliphatic carbocycles. The topological polar surface area (TPSA) is 84.1 Å². The molecular weight excluding hydrogens is 337 g/mol. The van der Waals surface area contributed by atoms with E-state index in [-0.39, 0.29) is 23.7 Å². The molecule has 3 aromatic rings. The Morgan fingerprint density at radius 2 is 1.88 bits per heavy atom. The molecule has 3 rings (SSSR count). The highest BCUT2D eigenvalue weighted by Crippen LogP contribution is 2.20. The summed E-state index contributed by atoms with van der Waals surface area (Å²) in [6, 6.07) is 13.9. The first-order valence-electron chi connectivity index (χ1n) is 7.97. The van der Waals surface area contributed by atoms with Gasteiger partial charge in [0, 0.05) is 5.56 Å². The van der Waals surface area contributed by atoms with Crippen LogP contribution in [0, 0.1) is 5.82 Å². The van der Waals surface area contributed by atoms with Crippen molar-refractivity contribution in [3.63, 3.8) is 0 Å².